The molecule has 0 aliphatic heterocycles. The maximum absolute atomic E-state index is 12.4. The molecule has 8 heteroatoms. The summed E-state index contributed by atoms with van der Waals surface area (Å²) in [6.45, 7) is 2.07. The highest BCUT2D eigenvalue weighted by Crippen LogP contribution is 2.24. The maximum atomic E-state index is 12.4. The van der Waals surface area contributed by atoms with Gasteiger partial charge in [-0.2, -0.15) is 5.10 Å². The normalized spacial score (nSPS) is 12.1. The van der Waals surface area contributed by atoms with Crippen molar-refractivity contribution >= 4 is 45.4 Å². The van der Waals surface area contributed by atoms with Crippen LogP contribution in [0.15, 0.2) is 46.3 Å². The van der Waals surface area contributed by atoms with Crippen LogP contribution in [0, 0.1) is 4.77 Å². The Morgan fingerprint density at radius 2 is 2.21 bits per heavy atom. The number of carbonyl (C=O) groups is 1. The van der Waals surface area contributed by atoms with Gasteiger partial charge in [0.1, 0.15) is 6.54 Å². The second-order valence-electron chi connectivity index (χ2n) is 5.23. The van der Waals surface area contributed by atoms with Crippen LogP contribution in [0.1, 0.15) is 18.5 Å². The third-order valence-corrected chi connectivity index (χ3v) is 5.45. The number of aromatic nitrogens is 3. The molecule has 0 spiro atoms. The van der Waals surface area contributed by atoms with E-state index in [9.17, 15) is 4.79 Å². The fourth-order valence-electron chi connectivity index (χ4n) is 2.39. The fraction of sp³-hybridized carbons (Fsp3) is 0.188. The van der Waals surface area contributed by atoms with E-state index in [4.69, 9.17) is 12.2 Å². The molecule has 0 radical (unpaired) electrons. The van der Waals surface area contributed by atoms with Gasteiger partial charge in [0.25, 0.3) is 0 Å². The van der Waals surface area contributed by atoms with Gasteiger partial charge in [-0.05, 0) is 42.2 Å². The van der Waals surface area contributed by atoms with Crippen molar-refractivity contribution in [2.45, 2.75) is 19.5 Å². The minimum Gasteiger partial charge on any atom is -0.348 e. The number of halogens is 1. The summed E-state index contributed by atoms with van der Waals surface area (Å²) in [5.41, 5.74) is 1.03. The van der Waals surface area contributed by atoms with Crippen molar-refractivity contribution in [3.8, 4) is 10.7 Å². The number of aromatic amines is 1. The highest BCUT2D eigenvalue weighted by Gasteiger charge is 2.16. The summed E-state index contributed by atoms with van der Waals surface area (Å²) in [6.07, 6.45) is 0. The van der Waals surface area contributed by atoms with Crippen LogP contribution in [0.5, 0.6) is 0 Å². The molecule has 0 saturated carbocycles. The number of rotatable bonds is 5. The van der Waals surface area contributed by atoms with Crippen LogP contribution in [-0.4, -0.2) is 20.7 Å². The lowest BCUT2D eigenvalue weighted by atomic mass is 10.1. The Morgan fingerprint density at radius 1 is 1.42 bits per heavy atom. The van der Waals surface area contributed by atoms with Gasteiger partial charge in [0.05, 0.1) is 10.9 Å². The number of benzene rings is 1. The van der Waals surface area contributed by atoms with Crippen LogP contribution in [0.25, 0.3) is 10.7 Å². The Balaban J connectivity index is 1.76. The molecule has 3 rings (SSSR count). The number of amides is 1. The van der Waals surface area contributed by atoms with Crippen molar-refractivity contribution in [1.29, 1.82) is 0 Å². The van der Waals surface area contributed by atoms with Crippen LogP contribution in [-0.2, 0) is 11.3 Å². The molecule has 5 nitrogen and oxygen atoms in total. The molecule has 1 atom stereocenters. The van der Waals surface area contributed by atoms with E-state index in [0.29, 0.717) is 10.6 Å². The third-order valence-electron chi connectivity index (χ3n) is 3.55. The number of nitrogens with zero attached hydrogens (tertiary/aromatic N) is 2. The van der Waals surface area contributed by atoms with Crippen LogP contribution < -0.4 is 5.32 Å². The average Bonchev–Trinajstić information content (AvgIpc) is 3.18. The van der Waals surface area contributed by atoms with Crippen LogP contribution in [0.4, 0.5) is 0 Å². The van der Waals surface area contributed by atoms with E-state index in [2.05, 4.69) is 31.4 Å². The molecule has 2 N–H and O–H groups in total. The maximum Gasteiger partial charge on any atom is 0.240 e. The lowest BCUT2D eigenvalue weighted by Gasteiger charge is -2.16. The van der Waals surface area contributed by atoms with Crippen molar-refractivity contribution in [2.24, 2.45) is 0 Å². The summed E-state index contributed by atoms with van der Waals surface area (Å²) < 4.78 is 3.11. The minimum absolute atomic E-state index is 0.112. The van der Waals surface area contributed by atoms with E-state index in [1.54, 1.807) is 15.9 Å². The highest BCUT2D eigenvalue weighted by atomic mass is 79.9. The molecule has 0 aliphatic rings. The zero-order valence-electron chi connectivity index (χ0n) is 12.8. The molecule has 24 heavy (non-hydrogen) atoms. The number of H-pyrrole nitrogens is 1. The summed E-state index contributed by atoms with van der Waals surface area (Å²) >= 11 is 10.3. The first-order chi connectivity index (χ1) is 11.6. The second kappa shape index (κ2) is 7.42. The summed E-state index contributed by atoms with van der Waals surface area (Å²) in [5, 5.41) is 12.0. The van der Waals surface area contributed by atoms with Gasteiger partial charge in [-0.25, -0.2) is 0 Å². The fourth-order valence-corrected chi connectivity index (χ4v) is 3.94. The number of nitrogens with one attached hydrogen (secondary N) is 2. The van der Waals surface area contributed by atoms with Gasteiger partial charge in [-0.3, -0.25) is 14.5 Å². The Labute approximate surface area is 156 Å². The average molecular weight is 423 g/mol. The SMILES string of the molecule is CC(NC(=O)Cn1c(-c2cccs2)n[nH]c1=S)c1ccccc1Br. The van der Waals surface area contributed by atoms with E-state index in [1.165, 1.54) is 0 Å². The molecule has 0 bridgehead atoms. The lowest BCUT2D eigenvalue weighted by Crippen LogP contribution is -2.30. The Morgan fingerprint density at radius 3 is 2.92 bits per heavy atom. The summed E-state index contributed by atoms with van der Waals surface area (Å²) in [5.74, 6) is 0.562. The van der Waals surface area contributed by atoms with Crippen LogP contribution >= 0.6 is 39.5 Å². The lowest BCUT2D eigenvalue weighted by molar-refractivity contribution is -0.122. The first-order valence-corrected chi connectivity index (χ1v) is 9.37. The molecular weight excluding hydrogens is 408 g/mol. The number of thiophene rings is 1. The molecule has 2 aromatic heterocycles. The van der Waals surface area contributed by atoms with Crippen molar-refractivity contribution in [3.63, 3.8) is 0 Å². The molecule has 1 amide bonds. The zero-order chi connectivity index (χ0) is 17.1. The Kier molecular flexibility index (Phi) is 5.27. The predicted octanol–water partition coefficient (Wildman–Crippen LogP) is 4.31. The Hall–Kier alpha value is -1.77. The van der Waals surface area contributed by atoms with Gasteiger partial charge < -0.3 is 5.32 Å². The van der Waals surface area contributed by atoms with E-state index in [0.717, 1.165) is 14.9 Å². The summed E-state index contributed by atoms with van der Waals surface area (Å²) in [6, 6.07) is 11.6. The largest absolute Gasteiger partial charge is 0.348 e. The summed E-state index contributed by atoms with van der Waals surface area (Å²) in [7, 11) is 0. The van der Waals surface area contributed by atoms with Gasteiger partial charge >= 0.3 is 0 Å². The molecule has 3 aromatic rings. The van der Waals surface area contributed by atoms with Crippen molar-refractivity contribution < 1.29 is 4.79 Å². The van der Waals surface area contributed by atoms with Gasteiger partial charge in [-0.1, -0.05) is 40.2 Å². The summed E-state index contributed by atoms with van der Waals surface area (Å²) in [4.78, 5) is 13.4. The molecule has 2 heterocycles. The monoisotopic (exact) mass is 422 g/mol. The molecule has 1 unspecified atom stereocenters. The zero-order valence-corrected chi connectivity index (χ0v) is 16.0. The molecule has 124 valence electrons. The van der Waals surface area contributed by atoms with E-state index < -0.39 is 0 Å². The number of hydrogen-bond donors (Lipinski definition) is 2. The van der Waals surface area contributed by atoms with E-state index in [-0.39, 0.29) is 18.5 Å². The highest BCUT2D eigenvalue weighted by molar-refractivity contribution is 9.10. The second-order valence-corrected chi connectivity index (χ2v) is 7.42. The standard InChI is InChI=1S/C16H15BrN4OS2/c1-10(11-5-2-3-6-12(11)17)18-14(22)9-21-15(19-20-16(21)23)13-7-4-8-24-13/h2-8,10H,9H2,1H3,(H,18,22)(H,20,23). The van der Waals surface area contributed by atoms with Crippen LogP contribution in [0.2, 0.25) is 0 Å². The minimum atomic E-state index is -0.117. The van der Waals surface area contributed by atoms with Gasteiger partial charge in [0.2, 0.25) is 5.91 Å². The van der Waals surface area contributed by atoms with Gasteiger partial charge in [-0.15, -0.1) is 11.3 Å². The quantitative estimate of drug-likeness (QED) is 0.602. The molecule has 1 aromatic carbocycles. The first-order valence-electron chi connectivity index (χ1n) is 7.29. The molecular formula is C16H15BrN4OS2. The smallest absolute Gasteiger partial charge is 0.240 e. The predicted molar refractivity (Wildman–Crippen MR) is 101 cm³/mol. The Bertz CT molecular complexity index is 901. The van der Waals surface area contributed by atoms with E-state index >= 15 is 0 Å². The molecule has 0 aliphatic carbocycles. The van der Waals surface area contributed by atoms with Gasteiger partial charge in [0.15, 0.2) is 10.6 Å². The molecule has 0 fully saturated rings. The first kappa shape index (κ1) is 17.1. The van der Waals surface area contributed by atoms with Crippen molar-refractivity contribution in [1.82, 2.24) is 20.1 Å². The number of carbonyl (C=O) groups excluding carboxylic acids is 1. The van der Waals surface area contributed by atoms with Crippen LogP contribution in [0.3, 0.4) is 0 Å². The number of hydrogen-bond acceptors (Lipinski definition) is 4. The molecule has 0 saturated heterocycles. The van der Waals surface area contributed by atoms with E-state index in [1.807, 2.05) is 48.7 Å². The van der Waals surface area contributed by atoms with Gasteiger partial charge in [0, 0.05) is 4.47 Å². The topological polar surface area (TPSA) is 62.7 Å². The third kappa shape index (κ3) is 3.66. The van der Waals surface area contributed by atoms with Crippen molar-refractivity contribution in [3.05, 3.63) is 56.6 Å². The van der Waals surface area contributed by atoms with Crippen molar-refractivity contribution in [2.75, 3.05) is 0 Å².